The Balaban J connectivity index is 2.18. The van der Waals surface area contributed by atoms with E-state index >= 15 is 0 Å². The Bertz CT molecular complexity index is 755. The average molecular weight is 280 g/mol. The SMILES string of the molecule is CCn1nc(C)cc1C(NC)c1cccc2ccncc12. The van der Waals surface area contributed by atoms with Crippen LogP contribution in [0, 0.1) is 6.92 Å². The molecule has 1 aromatic carbocycles. The molecule has 0 saturated carbocycles. The van der Waals surface area contributed by atoms with E-state index in [1.165, 1.54) is 22.0 Å². The summed E-state index contributed by atoms with van der Waals surface area (Å²) >= 11 is 0. The van der Waals surface area contributed by atoms with Gasteiger partial charge < -0.3 is 5.32 Å². The van der Waals surface area contributed by atoms with Crippen LogP contribution in [0.4, 0.5) is 0 Å². The molecule has 0 bridgehead atoms. The van der Waals surface area contributed by atoms with Crippen molar-refractivity contribution < 1.29 is 0 Å². The van der Waals surface area contributed by atoms with Crippen LogP contribution in [0.2, 0.25) is 0 Å². The molecule has 1 unspecified atom stereocenters. The van der Waals surface area contributed by atoms with E-state index < -0.39 is 0 Å². The fraction of sp³-hybridized carbons (Fsp3) is 0.294. The molecule has 2 heterocycles. The highest BCUT2D eigenvalue weighted by atomic mass is 15.3. The van der Waals surface area contributed by atoms with Crippen LogP contribution in [0.3, 0.4) is 0 Å². The third-order valence-electron chi connectivity index (χ3n) is 3.85. The molecular formula is C17H20N4. The van der Waals surface area contributed by atoms with Gasteiger partial charge in [0.1, 0.15) is 0 Å². The van der Waals surface area contributed by atoms with E-state index in [0.717, 1.165) is 12.2 Å². The summed E-state index contributed by atoms with van der Waals surface area (Å²) in [5.74, 6) is 0. The van der Waals surface area contributed by atoms with Crippen molar-refractivity contribution in [1.82, 2.24) is 20.1 Å². The Morgan fingerprint density at radius 1 is 1.29 bits per heavy atom. The summed E-state index contributed by atoms with van der Waals surface area (Å²) in [6.07, 6.45) is 3.77. The van der Waals surface area contributed by atoms with Gasteiger partial charge in [-0.15, -0.1) is 0 Å². The number of aryl methyl sites for hydroxylation is 2. The Labute approximate surface area is 124 Å². The molecule has 21 heavy (non-hydrogen) atoms. The van der Waals surface area contributed by atoms with Crippen LogP contribution in [-0.2, 0) is 6.54 Å². The maximum absolute atomic E-state index is 4.56. The van der Waals surface area contributed by atoms with Gasteiger partial charge >= 0.3 is 0 Å². The van der Waals surface area contributed by atoms with Crippen LogP contribution in [0.5, 0.6) is 0 Å². The summed E-state index contributed by atoms with van der Waals surface area (Å²) in [5.41, 5.74) is 3.47. The molecule has 0 saturated heterocycles. The Hall–Kier alpha value is -2.20. The first kappa shape index (κ1) is 13.8. The van der Waals surface area contributed by atoms with Crippen molar-refractivity contribution in [1.29, 1.82) is 0 Å². The van der Waals surface area contributed by atoms with Crippen LogP contribution >= 0.6 is 0 Å². The standard InChI is InChI=1S/C17H20N4/c1-4-21-16(10-12(2)20-21)17(18-3)14-7-5-6-13-8-9-19-11-15(13)14/h5-11,17-18H,4H2,1-3H3. The van der Waals surface area contributed by atoms with Crippen molar-refractivity contribution >= 4 is 10.8 Å². The lowest BCUT2D eigenvalue weighted by molar-refractivity contribution is 0.563. The minimum absolute atomic E-state index is 0.110. The summed E-state index contributed by atoms with van der Waals surface area (Å²) < 4.78 is 2.06. The molecule has 3 aromatic rings. The molecule has 0 spiro atoms. The van der Waals surface area contributed by atoms with Crippen LogP contribution in [-0.4, -0.2) is 21.8 Å². The summed E-state index contributed by atoms with van der Waals surface area (Å²) in [5, 5.41) is 10.4. The molecule has 4 nitrogen and oxygen atoms in total. The van der Waals surface area contributed by atoms with Gasteiger partial charge in [-0.3, -0.25) is 9.67 Å². The fourth-order valence-electron chi connectivity index (χ4n) is 2.90. The number of nitrogens with one attached hydrogen (secondary N) is 1. The first-order valence-corrected chi connectivity index (χ1v) is 7.29. The summed E-state index contributed by atoms with van der Waals surface area (Å²) in [7, 11) is 1.99. The Morgan fingerprint density at radius 2 is 2.14 bits per heavy atom. The molecule has 0 amide bonds. The van der Waals surface area contributed by atoms with Gasteiger partial charge in [-0.1, -0.05) is 18.2 Å². The smallest absolute Gasteiger partial charge is 0.0752 e. The third kappa shape index (κ3) is 2.43. The monoisotopic (exact) mass is 280 g/mol. The Kier molecular flexibility index (Phi) is 3.71. The molecule has 4 heteroatoms. The van der Waals surface area contributed by atoms with Gasteiger partial charge in [0.25, 0.3) is 0 Å². The molecule has 0 aliphatic rings. The molecular weight excluding hydrogens is 260 g/mol. The molecule has 0 aliphatic carbocycles. The number of hydrogen-bond acceptors (Lipinski definition) is 3. The number of nitrogens with zero attached hydrogens (tertiary/aromatic N) is 3. The molecule has 0 fully saturated rings. The van der Waals surface area contributed by atoms with Gasteiger partial charge in [0.2, 0.25) is 0 Å². The van der Waals surface area contributed by atoms with E-state index in [-0.39, 0.29) is 6.04 Å². The van der Waals surface area contributed by atoms with E-state index in [0.29, 0.717) is 0 Å². The minimum atomic E-state index is 0.110. The first-order valence-electron chi connectivity index (χ1n) is 7.29. The predicted octanol–water partition coefficient (Wildman–Crippen LogP) is 3.07. The highest BCUT2D eigenvalue weighted by Crippen LogP contribution is 2.28. The number of pyridine rings is 1. The quantitative estimate of drug-likeness (QED) is 0.798. The zero-order valence-corrected chi connectivity index (χ0v) is 12.7. The molecule has 1 atom stereocenters. The van der Waals surface area contributed by atoms with E-state index in [1.54, 1.807) is 0 Å². The van der Waals surface area contributed by atoms with Crippen molar-refractivity contribution in [2.75, 3.05) is 7.05 Å². The van der Waals surface area contributed by atoms with Crippen molar-refractivity contribution in [2.45, 2.75) is 26.4 Å². The minimum Gasteiger partial charge on any atom is -0.308 e. The normalized spacial score (nSPS) is 12.7. The lowest BCUT2D eigenvalue weighted by Gasteiger charge is -2.19. The first-order chi connectivity index (χ1) is 10.2. The molecule has 3 rings (SSSR count). The van der Waals surface area contributed by atoms with E-state index in [4.69, 9.17) is 0 Å². The fourth-order valence-corrected chi connectivity index (χ4v) is 2.90. The van der Waals surface area contributed by atoms with Crippen molar-refractivity contribution in [3.63, 3.8) is 0 Å². The lowest BCUT2D eigenvalue weighted by Crippen LogP contribution is -2.21. The maximum atomic E-state index is 4.56. The summed E-state index contributed by atoms with van der Waals surface area (Å²) in [4.78, 5) is 4.28. The van der Waals surface area contributed by atoms with Gasteiger partial charge in [0, 0.05) is 24.3 Å². The van der Waals surface area contributed by atoms with Crippen LogP contribution < -0.4 is 5.32 Å². The third-order valence-corrected chi connectivity index (χ3v) is 3.85. The number of aromatic nitrogens is 3. The van der Waals surface area contributed by atoms with Crippen LogP contribution in [0.15, 0.2) is 42.7 Å². The van der Waals surface area contributed by atoms with Crippen molar-refractivity contribution in [3.8, 4) is 0 Å². The van der Waals surface area contributed by atoms with Gasteiger partial charge in [-0.2, -0.15) is 5.10 Å². The largest absolute Gasteiger partial charge is 0.308 e. The molecule has 0 aliphatic heterocycles. The topological polar surface area (TPSA) is 42.7 Å². The van der Waals surface area contributed by atoms with Crippen molar-refractivity contribution in [3.05, 3.63) is 59.7 Å². The average Bonchev–Trinajstić information content (AvgIpc) is 2.89. The summed E-state index contributed by atoms with van der Waals surface area (Å²) in [6.45, 7) is 5.02. The van der Waals surface area contributed by atoms with Gasteiger partial charge in [0.05, 0.1) is 17.4 Å². The highest BCUT2D eigenvalue weighted by Gasteiger charge is 2.19. The van der Waals surface area contributed by atoms with Crippen molar-refractivity contribution in [2.24, 2.45) is 0 Å². The van der Waals surface area contributed by atoms with E-state index in [1.807, 2.05) is 32.4 Å². The van der Waals surface area contributed by atoms with Gasteiger partial charge in [-0.25, -0.2) is 0 Å². The Morgan fingerprint density at radius 3 is 2.90 bits per heavy atom. The molecule has 1 N–H and O–H groups in total. The van der Waals surface area contributed by atoms with Gasteiger partial charge in [0.15, 0.2) is 0 Å². The zero-order chi connectivity index (χ0) is 14.8. The number of hydrogen-bond donors (Lipinski definition) is 1. The maximum Gasteiger partial charge on any atom is 0.0752 e. The zero-order valence-electron chi connectivity index (χ0n) is 12.7. The predicted molar refractivity (Wildman–Crippen MR) is 85.3 cm³/mol. The number of benzene rings is 1. The summed E-state index contributed by atoms with van der Waals surface area (Å²) in [6, 6.07) is 10.7. The molecule has 2 aromatic heterocycles. The highest BCUT2D eigenvalue weighted by molar-refractivity contribution is 5.85. The second-order valence-electron chi connectivity index (χ2n) is 5.19. The van der Waals surface area contributed by atoms with E-state index in [2.05, 4.69) is 51.3 Å². The van der Waals surface area contributed by atoms with Crippen LogP contribution in [0.25, 0.3) is 10.8 Å². The lowest BCUT2D eigenvalue weighted by atomic mass is 9.98. The van der Waals surface area contributed by atoms with Gasteiger partial charge in [-0.05, 0) is 44.0 Å². The van der Waals surface area contributed by atoms with E-state index in [9.17, 15) is 0 Å². The number of rotatable bonds is 4. The molecule has 108 valence electrons. The van der Waals surface area contributed by atoms with Crippen LogP contribution in [0.1, 0.15) is 29.9 Å². The second kappa shape index (κ2) is 5.66. The molecule has 0 radical (unpaired) electrons. The second-order valence-corrected chi connectivity index (χ2v) is 5.19. The number of fused-ring (bicyclic) bond motifs is 1.